The van der Waals surface area contributed by atoms with Crippen molar-refractivity contribution in [1.82, 2.24) is 20.4 Å². The van der Waals surface area contributed by atoms with Crippen LogP contribution in [-0.2, 0) is 4.74 Å². The van der Waals surface area contributed by atoms with Gasteiger partial charge in [0.05, 0.1) is 25.5 Å². The van der Waals surface area contributed by atoms with E-state index in [0.717, 1.165) is 38.6 Å². The molecule has 2 rings (SSSR count). The molecule has 0 saturated carbocycles. The van der Waals surface area contributed by atoms with Gasteiger partial charge in [-0.15, -0.1) is 0 Å². The maximum absolute atomic E-state index is 12.1. The molecule has 1 aromatic heterocycles. The first-order valence-corrected chi connectivity index (χ1v) is 8.10. The van der Waals surface area contributed by atoms with Gasteiger partial charge >= 0.3 is 6.03 Å². The molecule has 1 aliphatic rings. The molecule has 0 aromatic carbocycles. The molecule has 7 nitrogen and oxygen atoms in total. The van der Waals surface area contributed by atoms with E-state index < -0.39 is 0 Å². The minimum absolute atomic E-state index is 0.0188. The Balaban J connectivity index is 1.72. The number of urea groups is 1. The third-order valence-corrected chi connectivity index (χ3v) is 3.96. The van der Waals surface area contributed by atoms with Crippen LogP contribution in [0.3, 0.4) is 0 Å². The minimum atomic E-state index is -0.149. The van der Waals surface area contributed by atoms with Crippen LogP contribution in [0.25, 0.3) is 0 Å². The van der Waals surface area contributed by atoms with Gasteiger partial charge in [0.1, 0.15) is 5.76 Å². The second kappa shape index (κ2) is 8.90. The number of likely N-dealkylation sites (N-methyl/N-ethyl adjacent to an activating group) is 1. The summed E-state index contributed by atoms with van der Waals surface area (Å²) < 4.78 is 10.8. The Hall–Kier alpha value is -1.57. The second-order valence-electron chi connectivity index (χ2n) is 6.16. The van der Waals surface area contributed by atoms with Gasteiger partial charge in [-0.1, -0.05) is 0 Å². The smallest absolute Gasteiger partial charge is 0.315 e. The lowest BCUT2D eigenvalue weighted by molar-refractivity contribution is 0.0349. The Labute approximate surface area is 137 Å². The van der Waals surface area contributed by atoms with Crippen molar-refractivity contribution < 1.29 is 13.9 Å². The molecule has 2 amide bonds. The molecule has 0 bridgehead atoms. The van der Waals surface area contributed by atoms with Gasteiger partial charge in [-0.25, -0.2) is 4.79 Å². The summed E-state index contributed by atoms with van der Waals surface area (Å²) in [5.41, 5.74) is 0. The van der Waals surface area contributed by atoms with Crippen molar-refractivity contribution in [2.45, 2.75) is 19.0 Å². The van der Waals surface area contributed by atoms with Crippen molar-refractivity contribution in [3.8, 4) is 0 Å². The first kappa shape index (κ1) is 17.8. The number of furan rings is 1. The van der Waals surface area contributed by atoms with Crippen LogP contribution >= 0.6 is 0 Å². The third-order valence-electron chi connectivity index (χ3n) is 3.96. The van der Waals surface area contributed by atoms with Crippen LogP contribution in [0.1, 0.15) is 18.7 Å². The first-order chi connectivity index (χ1) is 11.1. The molecule has 1 aromatic rings. The monoisotopic (exact) mass is 324 g/mol. The molecule has 23 heavy (non-hydrogen) atoms. The Bertz CT molecular complexity index is 458. The predicted octanol–water partition coefficient (Wildman–Crippen LogP) is 0.902. The van der Waals surface area contributed by atoms with Crippen molar-refractivity contribution in [2.75, 3.05) is 53.5 Å². The lowest BCUT2D eigenvalue weighted by atomic mass is 10.2. The van der Waals surface area contributed by atoms with Crippen LogP contribution in [0.5, 0.6) is 0 Å². The van der Waals surface area contributed by atoms with E-state index in [2.05, 4.69) is 15.5 Å². The topological polar surface area (TPSA) is 70.0 Å². The van der Waals surface area contributed by atoms with Crippen molar-refractivity contribution in [3.63, 3.8) is 0 Å². The van der Waals surface area contributed by atoms with Gasteiger partial charge < -0.3 is 19.8 Å². The van der Waals surface area contributed by atoms with Gasteiger partial charge in [0.15, 0.2) is 0 Å². The standard InChI is InChI=1S/C16H28N4O3/c1-13(12-20-6-9-22-10-7-20)18-16(21)17-11-14(19(2)3)15-5-4-8-23-15/h4-5,8,13-14H,6-7,9-12H2,1-3H3,(H2,17,18,21)/t13-,14-/m0/s1. The molecule has 0 unspecified atom stereocenters. The van der Waals surface area contributed by atoms with Crippen LogP contribution in [-0.4, -0.2) is 75.4 Å². The van der Waals surface area contributed by atoms with Crippen molar-refractivity contribution in [1.29, 1.82) is 0 Å². The summed E-state index contributed by atoms with van der Waals surface area (Å²) in [6.45, 7) is 6.75. The summed E-state index contributed by atoms with van der Waals surface area (Å²) in [4.78, 5) is 16.4. The van der Waals surface area contributed by atoms with Gasteiger partial charge in [-0.2, -0.15) is 0 Å². The zero-order valence-corrected chi connectivity index (χ0v) is 14.2. The summed E-state index contributed by atoms with van der Waals surface area (Å²) in [6, 6.07) is 3.74. The number of hydrogen-bond acceptors (Lipinski definition) is 5. The van der Waals surface area contributed by atoms with Gasteiger partial charge in [0.2, 0.25) is 0 Å². The zero-order valence-electron chi connectivity index (χ0n) is 14.2. The number of carbonyl (C=O) groups excluding carboxylic acids is 1. The summed E-state index contributed by atoms with van der Waals surface area (Å²) in [6.07, 6.45) is 1.65. The second-order valence-corrected chi connectivity index (χ2v) is 6.16. The quantitative estimate of drug-likeness (QED) is 0.780. The van der Waals surface area contributed by atoms with E-state index >= 15 is 0 Å². The molecule has 130 valence electrons. The van der Waals surface area contributed by atoms with Crippen molar-refractivity contribution >= 4 is 6.03 Å². The Kier molecular flexibility index (Phi) is 6.88. The number of hydrogen-bond donors (Lipinski definition) is 2. The van der Waals surface area contributed by atoms with Gasteiger partial charge in [-0.05, 0) is 33.2 Å². The van der Waals surface area contributed by atoms with E-state index in [1.54, 1.807) is 6.26 Å². The number of amides is 2. The number of nitrogens with one attached hydrogen (secondary N) is 2. The molecular formula is C16H28N4O3. The molecule has 1 aliphatic heterocycles. The highest BCUT2D eigenvalue weighted by atomic mass is 16.5. The summed E-state index contributed by atoms with van der Waals surface area (Å²) in [7, 11) is 3.93. The summed E-state index contributed by atoms with van der Waals surface area (Å²) >= 11 is 0. The van der Waals surface area contributed by atoms with Gasteiger partial charge in [0, 0.05) is 32.2 Å². The lowest BCUT2D eigenvalue weighted by Crippen LogP contribution is -2.49. The molecule has 2 N–H and O–H groups in total. The van der Waals surface area contributed by atoms with E-state index in [9.17, 15) is 4.79 Å². The molecule has 0 radical (unpaired) electrons. The third kappa shape index (κ3) is 5.85. The minimum Gasteiger partial charge on any atom is -0.468 e. The largest absolute Gasteiger partial charge is 0.468 e. The van der Waals surface area contributed by atoms with Crippen LogP contribution in [0.4, 0.5) is 4.79 Å². The van der Waals surface area contributed by atoms with Gasteiger partial charge in [0.25, 0.3) is 0 Å². The highest BCUT2D eigenvalue weighted by molar-refractivity contribution is 5.74. The average molecular weight is 324 g/mol. The fourth-order valence-corrected chi connectivity index (χ4v) is 2.70. The van der Waals surface area contributed by atoms with Crippen LogP contribution in [0.2, 0.25) is 0 Å². The summed E-state index contributed by atoms with van der Waals surface area (Å²) in [5.74, 6) is 0.844. The van der Waals surface area contributed by atoms with Crippen molar-refractivity contribution in [3.05, 3.63) is 24.2 Å². The molecule has 1 fully saturated rings. The normalized spacial score (nSPS) is 18.6. The maximum atomic E-state index is 12.1. The van der Waals surface area contributed by atoms with Crippen LogP contribution in [0, 0.1) is 0 Å². The molecular weight excluding hydrogens is 296 g/mol. The van der Waals surface area contributed by atoms with Gasteiger partial charge in [-0.3, -0.25) is 9.80 Å². The van der Waals surface area contributed by atoms with Crippen molar-refractivity contribution in [2.24, 2.45) is 0 Å². The molecule has 2 heterocycles. The van der Waals surface area contributed by atoms with E-state index in [0.29, 0.717) is 6.54 Å². The molecule has 1 saturated heterocycles. The Morgan fingerprint density at radius 1 is 1.39 bits per heavy atom. The average Bonchev–Trinajstić information content (AvgIpc) is 3.02. The Morgan fingerprint density at radius 3 is 2.74 bits per heavy atom. The zero-order chi connectivity index (χ0) is 16.7. The molecule has 2 atom stereocenters. The Morgan fingerprint density at radius 2 is 2.13 bits per heavy atom. The van der Waals surface area contributed by atoms with Crippen LogP contribution < -0.4 is 10.6 Å². The molecule has 7 heteroatoms. The fraction of sp³-hybridized carbons (Fsp3) is 0.688. The number of carbonyl (C=O) groups is 1. The maximum Gasteiger partial charge on any atom is 0.315 e. The van der Waals surface area contributed by atoms with E-state index in [1.165, 1.54) is 0 Å². The fourth-order valence-electron chi connectivity index (χ4n) is 2.70. The molecule has 0 aliphatic carbocycles. The highest BCUT2D eigenvalue weighted by Gasteiger charge is 2.19. The highest BCUT2D eigenvalue weighted by Crippen LogP contribution is 2.17. The number of morpholine rings is 1. The van der Waals surface area contributed by atoms with E-state index in [4.69, 9.17) is 9.15 Å². The number of nitrogens with zero attached hydrogens (tertiary/aromatic N) is 2. The van der Waals surface area contributed by atoms with Crippen LogP contribution in [0.15, 0.2) is 22.8 Å². The summed E-state index contributed by atoms with van der Waals surface area (Å²) in [5, 5.41) is 5.91. The SMILES string of the molecule is C[C@@H](CN1CCOCC1)NC(=O)NC[C@@H](c1ccco1)N(C)C. The molecule has 0 spiro atoms. The number of ether oxygens (including phenoxy) is 1. The number of rotatable bonds is 7. The lowest BCUT2D eigenvalue weighted by Gasteiger charge is -2.29. The first-order valence-electron chi connectivity index (χ1n) is 8.10. The van der Waals surface area contributed by atoms with E-state index in [-0.39, 0.29) is 18.1 Å². The van der Waals surface area contributed by atoms with E-state index in [1.807, 2.05) is 38.1 Å². The predicted molar refractivity (Wildman–Crippen MR) is 88.4 cm³/mol.